The van der Waals surface area contributed by atoms with E-state index in [4.69, 9.17) is 4.74 Å². The third kappa shape index (κ3) is 3.36. The molecule has 0 radical (unpaired) electrons. The van der Waals surface area contributed by atoms with Crippen molar-refractivity contribution in [2.45, 2.75) is 25.2 Å². The Morgan fingerprint density at radius 2 is 1.94 bits per heavy atom. The topological polar surface area (TPSA) is 35.5 Å². The third-order valence-corrected chi connectivity index (χ3v) is 3.28. The van der Waals surface area contributed by atoms with Gasteiger partial charge in [-0.25, -0.2) is 0 Å². The first-order chi connectivity index (χ1) is 8.55. The molecule has 0 unspecified atom stereocenters. The van der Waals surface area contributed by atoms with Gasteiger partial charge in [-0.05, 0) is 24.1 Å². The molecule has 3 heteroatoms. The van der Waals surface area contributed by atoms with E-state index in [9.17, 15) is 4.79 Å². The minimum absolute atomic E-state index is 0.198. The third-order valence-electron chi connectivity index (χ3n) is 3.28. The summed E-state index contributed by atoms with van der Waals surface area (Å²) in [5.41, 5.74) is 0.877. The highest BCUT2D eigenvalue weighted by atomic mass is 16.5. The van der Waals surface area contributed by atoms with Gasteiger partial charge in [0.15, 0.2) is 0 Å². The van der Waals surface area contributed by atoms with Crippen molar-refractivity contribution in [2.24, 2.45) is 0 Å². The van der Waals surface area contributed by atoms with Crippen molar-refractivity contribution in [3.05, 3.63) is 42.5 Å². The number of benzene rings is 1. The number of carbonyl (C=O) groups excluding carboxylic acids is 1. The summed E-state index contributed by atoms with van der Waals surface area (Å²) >= 11 is 0. The molecule has 0 saturated heterocycles. The van der Waals surface area contributed by atoms with Gasteiger partial charge in [0.05, 0.1) is 14.2 Å². The lowest BCUT2D eigenvalue weighted by molar-refractivity contribution is -0.140. The second-order valence-corrected chi connectivity index (χ2v) is 4.43. The van der Waals surface area contributed by atoms with Crippen LogP contribution >= 0.6 is 0 Å². The fourth-order valence-corrected chi connectivity index (χ4v) is 1.80. The van der Waals surface area contributed by atoms with Crippen molar-refractivity contribution >= 4 is 5.97 Å². The Bertz CT molecular complexity index is 408. The molecule has 0 aliphatic carbocycles. The van der Waals surface area contributed by atoms with Crippen LogP contribution in [-0.2, 0) is 14.9 Å². The van der Waals surface area contributed by atoms with Crippen molar-refractivity contribution in [3.63, 3.8) is 0 Å². The van der Waals surface area contributed by atoms with E-state index in [2.05, 4.69) is 18.2 Å². The molecule has 0 amide bonds. The van der Waals surface area contributed by atoms with E-state index in [0.717, 1.165) is 11.3 Å². The summed E-state index contributed by atoms with van der Waals surface area (Å²) < 4.78 is 9.80. The van der Waals surface area contributed by atoms with Crippen molar-refractivity contribution in [1.29, 1.82) is 0 Å². The number of hydrogen-bond acceptors (Lipinski definition) is 3. The number of rotatable bonds is 6. The van der Waals surface area contributed by atoms with Gasteiger partial charge in [-0.15, -0.1) is 6.58 Å². The summed E-state index contributed by atoms with van der Waals surface area (Å²) in [4.78, 5) is 11.2. The lowest BCUT2D eigenvalue weighted by Crippen LogP contribution is -2.20. The number of carbonyl (C=O) groups is 1. The van der Waals surface area contributed by atoms with Crippen LogP contribution in [0.1, 0.15) is 25.3 Å². The van der Waals surface area contributed by atoms with Gasteiger partial charge in [-0.1, -0.05) is 25.1 Å². The SMILES string of the molecule is C=C[C@@](C)(CCC(=O)OC)c1ccc(OC)cc1. The molecule has 0 fully saturated rings. The Morgan fingerprint density at radius 3 is 2.39 bits per heavy atom. The summed E-state index contributed by atoms with van der Waals surface area (Å²) in [5.74, 6) is 0.620. The van der Waals surface area contributed by atoms with Gasteiger partial charge in [0.2, 0.25) is 0 Å². The van der Waals surface area contributed by atoms with Gasteiger partial charge in [-0.2, -0.15) is 0 Å². The van der Waals surface area contributed by atoms with Gasteiger partial charge in [0.25, 0.3) is 0 Å². The van der Waals surface area contributed by atoms with E-state index in [1.807, 2.05) is 30.3 Å². The fourth-order valence-electron chi connectivity index (χ4n) is 1.80. The first-order valence-corrected chi connectivity index (χ1v) is 5.90. The zero-order valence-electron chi connectivity index (χ0n) is 11.2. The van der Waals surface area contributed by atoms with Crippen LogP contribution in [0, 0.1) is 0 Å². The van der Waals surface area contributed by atoms with Crippen LogP contribution in [-0.4, -0.2) is 20.2 Å². The number of ether oxygens (including phenoxy) is 2. The fraction of sp³-hybridized carbons (Fsp3) is 0.400. The van der Waals surface area contributed by atoms with E-state index >= 15 is 0 Å². The Balaban J connectivity index is 2.84. The predicted molar refractivity (Wildman–Crippen MR) is 71.8 cm³/mol. The summed E-state index contributed by atoms with van der Waals surface area (Å²) in [6.07, 6.45) is 2.93. The molecule has 0 aromatic heterocycles. The van der Waals surface area contributed by atoms with Gasteiger partial charge >= 0.3 is 5.97 Å². The summed E-state index contributed by atoms with van der Waals surface area (Å²) in [6, 6.07) is 7.82. The molecule has 3 nitrogen and oxygen atoms in total. The molecule has 1 atom stereocenters. The average molecular weight is 248 g/mol. The molecule has 0 aliphatic rings. The number of methoxy groups -OCH3 is 2. The smallest absolute Gasteiger partial charge is 0.305 e. The van der Waals surface area contributed by atoms with Crippen LogP contribution in [0.3, 0.4) is 0 Å². The molecule has 18 heavy (non-hydrogen) atoms. The molecule has 0 aliphatic heterocycles. The Labute approximate surface area is 108 Å². The van der Waals surface area contributed by atoms with Gasteiger partial charge in [0.1, 0.15) is 5.75 Å². The number of hydrogen-bond donors (Lipinski definition) is 0. The van der Waals surface area contributed by atoms with Crippen LogP contribution in [0.25, 0.3) is 0 Å². The Hall–Kier alpha value is -1.77. The van der Waals surface area contributed by atoms with E-state index < -0.39 is 0 Å². The first-order valence-electron chi connectivity index (χ1n) is 5.90. The standard InChI is InChI=1S/C15H20O3/c1-5-15(2,11-10-14(16)18-4)12-6-8-13(17-3)9-7-12/h5-9H,1,10-11H2,2-4H3/t15-/m0/s1. The summed E-state index contributed by atoms with van der Waals surface area (Å²) in [6.45, 7) is 5.93. The van der Waals surface area contributed by atoms with Crippen LogP contribution in [0.15, 0.2) is 36.9 Å². The van der Waals surface area contributed by atoms with Crippen LogP contribution in [0.4, 0.5) is 0 Å². The molecule has 0 N–H and O–H groups in total. The molecule has 1 aromatic carbocycles. The maximum atomic E-state index is 11.2. The second-order valence-electron chi connectivity index (χ2n) is 4.43. The number of allylic oxidation sites excluding steroid dienone is 1. The molecule has 0 saturated carbocycles. The molecule has 98 valence electrons. The largest absolute Gasteiger partial charge is 0.497 e. The maximum absolute atomic E-state index is 11.2. The maximum Gasteiger partial charge on any atom is 0.305 e. The average Bonchev–Trinajstić information content (AvgIpc) is 2.44. The predicted octanol–water partition coefficient (Wildman–Crippen LogP) is 3.09. The lowest BCUT2D eigenvalue weighted by atomic mass is 9.78. The number of esters is 1. The Kier molecular flexibility index (Phi) is 4.95. The van der Waals surface area contributed by atoms with Gasteiger partial charge < -0.3 is 9.47 Å². The molecule has 1 aromatic rings. The zero-order valence-corrected chi connectivity index (χ0v) is 11.2. The first kappa shape index (κ1) is 14.3. The van der Waals surface area contributed by atoms with Crippen molar-refractivity contribution in [3.8, 4) is 5.75 Å². The minimum Gasteiger partial charge on any atom is -0.497 e. The zero-order chi connectivity index (χ0) is 13.6. The van der Waals surface area contributed by atoms with E-state index in [0.29, 0.717) is 12.8 Å². The molecule has 0 heterocycles. The molecule has 0 spiro atoms. The summed E-state index contributed by atoms with van der Waals surface area (Å²) in [5, 5.41) is 0. The van der Waals surface area contributed by atoms with E-state index in [-0.39, 0.29) is 11.4 Å². The van der Waals surface area contributed by atoms with Gasteiger partial charge in [-0.3, -0.25) is 4.79 Å². The van der Waals surface area contributed by atoms with Crippen LogP contribution in [0.5, 0.6) is 5.75 Å². The highest BCUT2D eigenvalue weighted by molar-refractivity contribution is 5.69. The van der Waals surface area contributed by atoms with Crippen molar-refractivity contribution in [1.82, 2.24) is 0 Å². The van der Waals surface area contributed by atoms with Crippen LogP contribution < -0.4 is 4.74 Å². The normalized spacial score (nSPS) is 13.5. The second kappa shape index (κ2) is 6.24. The van der Waals surface area contributed by atoms with Gasteiger partial charge in [0, 0.05) is 11.8 Å². The Morgan fingerprint density at radius 1 is 1.33 bits per heavy atom. The molecular weight excluding hydrogens is 228 g/mol. The van der Waals surface area contributed by atoms with E-state index in [1.165, 1.54) is 7.11 Å². The van der Waals surface area contributed by atoms with Crippen LogP contribution in [0.2, 0.25) is 0 Å². The highest BCUT2D eigenvalue weighted by Crippen LogP contribution is 2.31. The van der Waals surface area contributed by atoms with Crippen molar-refractivity contribution in [2.75, 3.05) is 14.2 Å². The molecular formula is C15H20O3. The lowest BCUT2D eigenvalue weighted by Gasteiger charge is -2.26. The summed E-state index contributed by atoms with van der Waals surface area (Å²) in [7, 11) is 3.04. The quantitative estimate of drug-likeness (QED) is 0.573. The highest BCUT2D eigenvalue weighted by Gasteiger charge is 2.24. The minimum atomic E-state index is -0.236. The molecule has 1 rings (SSSR count). The molecule has 0 bridgehead atoms. The van der Waals surface area contributed by atoms with Crippen molar-refractivity contribution < 1.29 is 14.3 Å². The van der Waals surface area contributed by atoms with E-state index in [1.54, 1.807) is 7.11 Å². The monoisotopic (exact) mass is 248 g/mol.